The number of nitrogens with zero attached hydrogens (tertiary/aromatic N) is 1. The molecule has 2 fully saturated rings. The first-order chi connectivity index (χ1) is 6.58. The van der Waals surface area contributed by atoms with E-state index in [9.17, 15) is 0 Å². The Morgan fingerprint density at radius 2 is 1.93 bits per heavy atom. The molecule has 0 aromatic carbocycles. The first-order valence-corrected chi connectivity index (χ1v) is 6.27. The average Bonchev–Trinajstić information content (AvgIpc) is 2.38. The van der Waals surface area contributed by atoms with Gasteiger partial charge in [0.2, 0.25) is 0 Å². The van der Waals surface area contributed by atoms with Crippen LogP contribution in [0.1, 0.15) is 46.0 Å². The molecule has 14 heavy (non-hydrogen) atoms. The number of hydrogen-bond acceptors (Lipinski definition) is 3. The highest BCUT2D eigenvalue weighted by Crippen LogP contribution is 2.50. The van der Waals surface area contributed by atoms with E-state index in [-0.39, 0.29) is 15.7 Å². The predicted molar refractivity (Wildman–Crippen MR) is 60.0 cm³/mol. The van der Waals surface area contributed by atoms with Crippen molar-refractivity contribution >= 4 is 11.8 Å². The second-order valence-electron chi connectivity index (χ2n) is 4.97. The van der Waals surface area contributed by atoms with Crippen LogP contribution in [0.5, 0.6) is 0 Å². The van der Waals surface area contributed by atoms with Crippen LogP contribution >= 0.6 is 11.8 Å². The molecule has 1 spiro atoms. The molecule has 2 aliphatic rings. The summed E-state index contributed by atoms with van der Waals surface area (Å²) in [6, 6.07) is 2.41. The Kier molecular flexibility index (Phi) is 2.53. The van der Waals surface area contributed by atoms with E-state index in [4.69, 9.17) is 5.26 Å². The summed E-state index contributed by atoms with van der Waals surface area (Å²) < 4.78 is 0.0755. The third kappa shape index (κ3) is 1.66. The maximum absolute atomic E-state index is 9.09. The lowest BCUT2D eigenvalue weighted by Gasteiger charge is -2.33. The summed E-state index contributed by atoms with van der Waals surface area (Å²) in [5, 5.41) is 12.6. The molecule has 78 valence electrons. The molecule has 3 heteroatoms. The fraction of sp³-hybridized carbons (Fsp3) is 0.909. The monoisotopic (exact) mass is 210 g/mol. The van der Waals surface area contributed by atoms with E-state index in [0.717, 1.165) is 0 Å². The highest BCUT2D eigenvalue weighted by atomic mass is 32.2. The summed E-state index contributed by atoms with van der Waals surface area (Å²) in [4.78, 5) is 0.224. The van der Waals surface area contributed by atoms with Gasteiger partial charge in [0.25, 0.3) is 0 Å². The second-order valence-corrected chi connectivity index (χ2v) is 7.00. The molecule has 1 atom stereocenters. The van der Waals surface area contributed by atoms with E-state index < -0.39 is 0 Å². The van der Waals surface area contributed by atoms with Crippen molar-refractivity contribution in [1.29, 1.82) is 5.26 Å². The standard InChI is InChI=1S/C11H18N2S/c1-10(2)9(8-12)13-11(14-10)6-4-3-5-7-11/h9,13H,3-7H2,1-2H3. The van der Waals surface area contributed by atoms with Crippen molar-refractivity contribution in [2.45, 2.75) is 61.6 Å². The Bertz CT molecular complexity index is 261. The zero-order chi connectivity index (χ0) is 10.2. The van der Waals surface area contributed by atoms with Gasteiger partial charge >= 0.3 is 0 Å². The van der Waals surface area contributed by atoms with Crippen molar-refractivity contribution < 1.29 is 0 Å². The third-order valence-electron chi connectivity index (χ3n) is 3.35. The Balaban J connectivity index is 2.15. The molecule has 0 aromatic heterocycles. The number of rotatable bonds is 0. The molecule has 0 amide bonds. The number of thioether (sulfide) groups is 1. The van der Waals surface area contributed by atoms with Crippen molar-refractivity contribution in [1.82, 2.24) is 5.32 Å². The summed E-state index contributed by atoms with van der Waals surface area (Å²) in [5.41, 5.74) is 0. The Labute approximate surface area is 90.4 Å². The predicted octanol–water partition coefficient (Wildman–Crippen LogP) is 2.65. The molecule has 1 saturated heterocycles. The molecular weight excluding hydrogens is 192 g/mol. The van der Waals surface area contributed by atoms with Gasteiger partial charge in [-0.05, 0) is 26.7 Å². The van der Waals surface area contributed by atoms with Gasteiger partial charge in [0.15, 0.2) is 0 Å². The summed E-state index contributed by atoms with van der Waals surface area (Å²) in [5.74, 6) is 0. The molecule has 1 saturated carbocycles. The fourth-order valence-electron chi connectivity index (χ4n) is 2.59. The second kappa shape index (κ2) is 3.43. The van der Waals surface area contributed by atoms with Crippen LogP contribution in [0, 0.1) is 11.3 Å². The Morgan fingerprint density at radius 1 is 1.29 bits per heavy atom. The first kappa shape index (κ1) is 10.3. The lowest BCUT2D eigenvalue weighted by Crippen LogP contribution is -2.44. The van der Waals surface area contributed by atoms with E-state index in [1.807, 2.05) is 11.8 Å². The van der Waals surface area contributed by atoms with Crippen LogP contribution in [-0.4, -0.2) is 15.7 Å². The highest BCUT2D eigenvalue weighted by molar-refractivity contribution is 8.02. The highest BCUT2D eigenvalue weighted by Gasteiger charge is 2.50. The maximum Gasteiger partial charge on any atom is 0.111 e. The van der Waals surface area contributed by atoms with Crippen molar-refractivity contribution in [3.05, 3.63) is 0 Å². The fourth-order valence-corrected chi connectivity index (χ4v) is 4.49. The molecule has 0 radical (unpaired) electrons. The van der Waals surface area contributed by atoms with Crippen LogP contribution in [0.25, 0.3) is 0 Å². The molecule has 2 rings (SSSR count). The van der Waals surface area contributed by atoms with Crippen LogP contribution in [-0.2, 0) is 0 Å². The van der Waals surface area contributed by atoms with Crippen LogP contribution in [0.15, 0.2) is 0 Å². The van der Waals surface area contributed by atoms with Gasteiger partial charge in [-0.3, -0.25) is 5.32 Å². The minimum absolute atomic E-state index is 0.0191. The molecule has 0 aromatic rings. The van der Waals surface area contributed by atoms with Gasteiger partial charge in [0, 0.05) is 4.75 Å². The van der Waals surface area contributed by atoms with Gasteiger partial charge in [-0.1, -0.05) is 19.3 Å². The molecule has 1 aliphatic carbocycles. The van der Waals surface area contributed by atoms with Crippen LogP contribution in [0.3, 0.4) is 0 Å². The third-order valence-corrected chi connectivity index (χ3v) is 5.03. The topological polar surface area (TPSA) is 35.8 Å². The van der Waals surface area contributed by atoms with Gasteiger partial charge < -0.3 is 0 Å². The molecular formula is C11H18N2S. The quantitative estimate of drug-likeness (QED) is 0.667. The summed E-state index contributed by atoms with van der Waals surface area (Å²) in [6.45, 7) is 4.36. The summed E-state index contributed by atoms with van der Waals surface area (Å²) in [7, 11) is 0. The van der Waals surface area contributed by atoms with Gasteiger partial charge in [0.1, 0.15) is 6.04 Å². The average molecular weight is 210 g/mol. The van der Waals surface area contributed by atoms with Crippen LogP contribution < -0.4 is 5.32 Å². The molecule has 1 N–H and O–H groups in total. The van der Waals surface area contributed by atoms with E-state index in [1.54, 1.807) is 0 Å². The zero-order valence-corrected chi connectivity index (χ0v) is 9.78. The van der Waals surface area contributed by atoms with Gasteiger partial charge in [0.05, 0.1) is 10.9 Å². The number of hydrogen-bond donors (Lipinski definition) is 1. The van der Waals surface area contributed by atoms with Gasteiger partial charge in [-0.2, -0.15) is 5.26 Å². The van der Waals surface area contributed by atoms with E-state index >= 15 is 0 Å². The molecule has 2 nitrogen and oxygen atoms in total. The van der Waals surface area contributed by atoms with Gasteiger partial charge in [-0.15, -0.1) is 11.8 Å². The van der Waals surface area contributed by atoms with Crippen molar-refractivity contribution in [2.75, 3.05) is 0 Å². The van der Waals surface area contributed by atoms with E-state index in [0.29, 0.717) is 0 Å². The van der Waals surface area contributed by atoms with Crippen molar-refractivity contribution in [3.63, 3.8) is 0 Å². The minimum atomic E-state index is 0.0191. The SMILES string of the molecule is CC1(C)SC2(CCCCC2)NC1C#N. The van der Waals surface area contributed by atoms with Crippen molar-refractivity contribution in [2.24, 2.45) is 0 Å². The molecule has 1 unspecified atom stereocenters. The Morgan fingerprint density at radius 3 is 2.43 bits per heavy atom. The molecule has 0 bridgehead atoms. The normalized spacial score (nSPS) is 34.2. The molecule has 1 aliphatic heterocycles. The summed E-state index contributed by atoms with van der Waals surface area (Å²) >= 11 is 1.99. The van der Waals surface area contributed by atoms with Gasteiger partial charge in [-0.25, -0.2) is 0 Å². The lowest BCUT2D eigenvalue weighted by atomic mass is 9.93. The first-order valence-electron chi connectivity index (χ1n) is 5.45. The van der Waals surface area contributed by atoms with Crippen LogP contribution in [0.2, 0.25) is 0 Å². The smallest absolute Gasteiger partial charge is 0.111 e. The van der Waals surface area contributed by atoms with Crippen LogP contribution in [0.4, 0.5) is 0 Å². The lowest BCUT2D eigenvalue weighted by molar-refractivity contribution is 0.334. The minimum Gasteiger partial charge on any atom is -0.286 e. The number of nitriles is 1. The molecule has 1 heterocycles. The zero-order valence-electron chi connectivity index (χ0n) is 8.97. The summed E-state index contributed by atoms with van der Waals surface area (Å²) in [6.07, 6.45) is 6.46. The largest absolute Gasteiger partial charge is 0.286 e. The Hall–Kier alpha value is -0.200. The van der Waals surface area contributed by atoms with E-state index in [1.165, 1.54) is 32.1 Å². The van der Waals surface area contributed by atoms with E-state index in [2.05, 4.69) is 25.2 Å². The number of nitrogens with one attached hydrogen (secondary N) is 1. The van der Waals surface area contributed by atoms with Crippen molar-refractivity contribution in [3.8, 4) is 6.07 Å². The maximum atomic E-state index is 9.09.